The maximum absolute atomic E-state index is 13.1. The van der Waals surface area contributed by atoms with Gasteiger partial charge in [0.25, 0.3) is 0 Å². The van der Waals surface area contributed by atoms with Crippen molar-refractivity contribution in [2.24, 2.45) is 11.8 Å². The summed E-state index contributed by atoms with van der Waals surface area (Å²) in [6, 6.07) is 0.0635. The summed E-state index contributed by atoms with van der Waals surface area (Å²) in [5.74, 6) is -4.45. The second-order valence-electron chi connectivity index (χ2n) is 10.4. The van der Waals surface area contributed by atoms with Gasteiger partial charge in [-0.2, -0.15) is 0 Å². The summed E-state index contributed by atoms with van der Waals surface area (Å²) in [6.45, 7) is 12.8. The molecular formula is C22H36BrNO7Si. The van der Waals surface area contributed by atoms with Crippen LogP contribution < -0.4 is 0 Å². The third kappa shape index (κ3) is 3.75. The molecule has 2 bridgehead atoms. The summed E-state index contributed by atoms with van der Waals surface area (Å²) >= 11 is 3.78. The average Bonchev–Trinajstić information content (AvgIpc) is 3.33. The summed E-state index contributed by atoms with van der Waals surface area (Å²) in [6.07, 6.45) is 1.91. The highest BCUT2D eigenvalue weighted by Crippen LogP contribution is 2.64. The quantitative estimate of drug-likeness (QED) is 0.363. The van der Waals surface area contributed by atoms with Gasteiger partial charge >= 0.3 is 11.9 Å². The third-order valence-electron chi connectivity index (χ3n) is 6.92. The second-order valence-corrected chi connectivity index (χ2v) is 15.6. The lowest BCUT2D eigenvalue weighted by atomic mass is 9.72. The molecule has 0 saturated carbocycles. The van der Waals surface area contributed by atoms with Crippen LogP contribution in [0.15, 0.2) is 10.2 Å². The van der Waals surface area contributed by atoms with E-state index in [2.05, 4.69) is 34.7 Å². The van der Waals surface area contributed by atoms with Gasteiger partial charge in [0.2, 0.25) is 5.79 Å². The van der Waals surface area contributed by atoms with Gasteiger partial charge in [-0.15, -0.1) is 0 Å². The van der Waals surface area contributed by atoms with Crippen molar-refractivity contribution in [3.05, 3.63) is 10.2 Å². The van der Waals surface area contributed by atoms with E-state index in [0.29, 0.717) is 4.48 Å². The van der Waals surface area contributed by atoms with E-state index in [9.17, 15) is 9.59 Å². The second kappa shape index (κ2) is 8.37. The Balaban J connectivity index is 2.25. The van der Waals surface area contributed by atoms with Crippen LogP contribution in [0.1, 0.15) is 33.6 Å². The molecule has 2 fully saturated rings. The lowest BCUT2D eigenvalue weighted by molar-refractivity contribution is -0.182. The first-order valence-electron chi connectivity index (χ1n) is 11.0. The lowest BCUT2D eigenvalue weighted by Gasteiger charge is -2.45. The number of nitrogens with zero attached hydrogens (tertiary/aromatic N) is 1. The SMILES string of the molecule is COC(=O)[C@H]1[C@H](C(=O)OC)[C@]2(C)O[C@@]1(O[Si](C)(C)C)C(Br)=C2N1CCC[C@H]1C(C)(C)OC. The molecule has 0 amide bonds. The smallest absolute Gasteiger partial charge is 0.315 e. The van der Waals surface area contributed by atoms with Crippen LogP contribution in [-0.4, -0.2) is 76.1 Å². The summed E-state index contributed by atoms with van der Waals surface area (Å²) < 4.78 is 30.0. The largest absolute Gasteiger partial charge is 0.469 e. The first kappa shape index (κ1) is 25.7. The zero-order valence-corrected chi connectivity index (χ0v) is 23.1. The Kier molecular flexibility index (Phi) is 6.72. The van der Waals surface area contributed by atoms with Crippen LogP contribution in [0.25, 0.3) is 0 Å². The van der Waals surface area contributed by atoms with E-state index < -0.39 is 49.1 Å². The summed E-state index contributed by atoms with van der Waals surface area (Å²) in [7, 11) is 2.08. The van der Waals surface area contributed by atoms with Gasteiger partial charge in [0.15, 0.2) is 8.32 Å². The standard InChI is InChI=1S/C22H36BrNO7Si/c1-20(2,29-6)13-11-10-12-24(13)17-16(23)22(31-32(7,8)9)15(19(26)28-5)14(18(25)27-4)21(17,3)30-22/h13-15H,10-12H2,1-9H3/t13-,14+,15+,21-,22-/m0/s1. The summed E-state index contributed by atoms with van der Waals surface area (Å²) in [4.78, 5) is 28.4. The van der Waals surface area contributed by atoms with Gasteiger partial charge in [0.05, 0.1) is 36.0 Å². The van der Waals surface area contributed by atoms with E-state index in [-0.39, 0.29) is 6.04 Å². The number of esters is 2. The Labute approximate surface area is 200 Å². The lowest BCUT2D eigenvalue weighted by Crippen LogP contribution is -2.56. The molecule has 0 aliphatic carbocycles. The molecule has 0 aromatic rings. The molecule has 3 aliphatic rings. The van der Waals surface area contributed by atoms with Crippen LogP contribution in [0.4, 0.5) is 0 Å². The van der Waals surface area contributed by atoms with E-state index in [0.717, 1.165) is 25.1 Å². The van der Waals surface area contributed by atoms with Crippen molar-refractivity contribution in [3.8, 4) is 0 Å². The fourth-order valence-electron chi connectivity index (χ4n) is 5.53. The van der Waals surface area contributed by atoms with Gasteiger partial charge in [0.1, 0.15) is 17.4 Å². The maximum atomic E-state index is 13.1. The molecule has 10 heteroatoms. The highest BCUT2D eigenvalue weighted by molar-refractivity contribution is 9.11. The number of fused-ring (bicyclic) bond motifs is 2. The first-order chi connectivity index (χ1) is 14.7. The molecular weight excluding hydrogens is 498 g/mol. The minimum absolute atomic E-state index is 0.0635. The van der Waals surface area contributed by atoms with E-state index in [1.54, 1.807) is 7.11 Å². The molecule has 5 atom stereocenters. The topological polar surface area (TPSA) is 83.5 Å². The molecule has 0 spiro atoms. The fraction of sp³-hybridized carbons (Fsp3) is 0.818. The van der Waals surface area contributed by atoms with Crippen molar-refractivity contribution >= 4 is 36.2 Å². The molecule has 0 aromatic heterocycles. The summed E-state index contributed by atoms with van der Waals surface area (Å²) in [5, 5.41) is 0. The van der Waals surface area contributed by atoms with Crippen molar-refractivity contribution in [2.45, 2.75) is 76.3 Å². The number of carbonyl (C=O) groups excluding carboxylic acids is 2. The van der Waals surface area contributed by atoms with Crippen LogP contribution in [0.2, 0.25) is 19.6 Å². The molecule has 0 aromatic carbocycles. The number of hydrogen-bond acceptors (Lipinski definition) is 8. The Morgan fingerprint density at radius 3 is 2.19 bits per heavy atom. The molecule has 2 saturated heterocycles. The fourth-order valence-corrected chi connectivity index (χ4v) is 7.89. The molecule has 0 N–H and O–H groups in total. The van der Waals surface area contributed by atoms with Crippen molar-refractivity contribution in [1.29, 1.82) is 0 Å². The number of ether oxygens (including phenoxy) is 4. The normalized spacial score (nSPS) is 34.9. The molecule has 32 heavy (non-hydrogen) atoms. The summed E-state index contributed by atoms with van der Waals surface area (Å²) in [5.41, 5.74) is -0.750. The Morgan fingerprint density at radius 2 is 1.69 bits per heavy atom. The third-order valence-corrected chi connectivity index (χ3v) is 8.76. The Morgan fingerprint density at radius 1 is 1.12 bits per heavy atom. The molecule has 182 valence electrons. The van der Waals surface area contributed by atoms with Crippen molar-refractivity contribution < 1.29 is 33.0 Å². The molecule has 0 radical (unpaired) electrons. The number of halogens is 1. The number of hydrogen-bond donors (Lipinski definition) is 0. The predicted octanol–water partition coefficient (Wildman–Crippen LogP) is 3.41. The zero-order valence-electron chi connectivity index (χ0n) is 20.5. The number of methoxy groups -OCH3 is 3. The van der Waals surface area contributed by atoms with Crippen LogP contribution in [0, 0.1) is 11.8 Å². The van der Waals surface area contributed by atoms with Gasteiger partial charge in [-0.3, -0.25) is 9.59 Å². The zero-order chi connectivity index (χ0) is 24.3. The molecule has 3 rings (SSSR count). The first-order valence-corrected chi connectivity index (χ1v) is 15.2. The number of likely N-dealkylation sites (tertiary alicyclic amines) is 1. The van der Waals surface area contributed by atoms with E-state index in [1.165, 1.54) is 14.2 Å². The van der Waals surface area contributed by atoms with Crippen LogP contribution in [-0.2, 0) is 33.0 Å². The van der Waals surface area contributed by atoms with Gasteiger partial charge in [-0.25, -0.2) is 0 Å². The predicted molar refractivity (Wildman–Crippen MR) is 124 cm³/mol. The van der Waals surface area contributed by atoms with Gasteiger partial charge < -0.3 is 28.3 Å². The van der Waals surface area contributed by atoms with Crippen LogP contribution in [0.5, 0.6) is 0 Å². The molecule has 3 aliphatic heterocycles. The Hall–Kier alpha value is -0.943. The van der Waals surface area contributed by atoms with Gasteiger partial charge in [-0.05, 0) is 69.2 Å². The van der Waals surface area contributed by atoms with Crippen molar-refractivity contribution in [1.82, 2.24) is 4.90 Å². The number of carbonyl (C=O) groups is 2. The highest BCUT2D eigenvalue weighted by Gasteiger charge is 2.76. The average molecular weight is 535 g/mol. The van der Waals surface area contributed by atoms with Gasteiger partial charge in [-0.1, -0.05) is 0 Å². The Bertz CT molecular complexity index is 826. The molecule has 3 heterocycles. The van der Waals surface area contributed by atoms with Crippen LogP contribution >= 0.6 is 15.9 Å². The van der Waals surface area contributed by atoms with Gasteiger partial charge in [0, 0.05) is 13.7 Å². The monoisotopic (exact) mass is 533 g/mol. The van der Waals surface area contributed by atoms with E-state index >= 15 is 0 Å². The maximum Gasteiger partial charge on any atom is 0.315 e. The highest BCUT2D eigenvalue weighted by atomic mass is 79.9. The number of rotatable bonds is 7. The van der Waals surface area contributed by atoms with Crippen LogP contribution in [0.3, 0.4) is 0 Å². The minimum Gasteiger partial charge on any atom is -0.469 e. The van der Waals surface area contributed by atoms with E-state index in [1.807, 2.05) is 26.6 Å². The van der Waals surface area contributed by atoms with Crippen molar-refractivity contribution in [3.63, 3.8) is 0 Å². The van der Waals surface area contributed by atoms with E-state index in [4.69, 9.17) is 23.4 Å². The molecule has 0 unspecified atom stereocenters. The molecule has 8 nitrogen and oxygen atoms in total. The minimum atomic E-state index is -2.26. The van der Waals surface area contributed by atoms with Crippen molar-refractivity contribution in [2.75, 3.05) is 27.9 Å².